The van der Waals surface area contributed by atoms with Crippen LogP contribution in [0.3, 0.4) is 0 Å². The highest BCUT2D eigenvalue weighted by Crippen LogP contribution is 2.23. The smallest absolute Gasteiger partial charge is 0.253 e. The van der Waals surface area contributed by atoms with Crippen molar-refractivity contribution in [1.82, 2.24) is 4.90 Å². The maximum absolute atomic E-state index is 14.0. The van der Waals surface area contributed by atoms with E-state index < -0.39 is 15.8 Å². The van der Waals surface area contributed by atoms with E-state index in [1.54, 1.807) is 42.5 Å². The summed E-state index contributed by atoms with van der Waals surface area (Å²) in [6.45, 7) is 1.40. The van der Waals surface area contributed by atoms with E-state index in [-0.39, 0.29) is 18.0 Å². The molecular weight excluding hydrogens is 367 g/mol. The maximum Gasteiger partial charge on any atom is 0.253 e. The zero-order chi connectivity index (χ0) is 19.4. The Morgan fingerprint density at radius 2 is 1.67 bits per heavy atom. The predicted octanol–water partition coefficient (Wildman–Crippen LogP) is 3.42. The van der Waals surface area contributed by atoms with Crippen molar-refractivity contribution in [1.29, 1.82) is 0 Å². The highest BCUT2D eigenvalue weighted by molar-refractivity contribution is 7.92. The fraction of sp³-hybridized carbons (Fsp3) is 0.350. The Balaban J connectivity index is 1.83. The average Bonchev–Trinajstić information content (AvgIpc) is 2.67. The van der Waals surface area contributed by atoms with Gasteiger partial charge in [0.1, 0.15) is 5.82 Å². The number of hydrogen-bond acceptors (Lipinski definition) is 3. The number of benzene rings is 2. The van der Waals surface area contributed by atoms with E-state index in [0.29, 0.717) is 11.3 Å². The second-order valence-corrected chi connectivity index (χ2v) is 8.67. The molecule has 7 heteroatoms. The summed E-state index contributed by atoms with van der Waals surface area (Å²) in [4.78, 5) is 14.4. The second kappa shape index (κ2) is 8.08. The topological polar surface area (TPSA) is 57.7 Å². The molecule has 2 aromatic rings. The van der Waals surface area contributed by atoms with Crippen molar-refractivity contribution in [2.24, 2.45) is 0 Å². The molecule has 0 bridgehead atoms. The number of hydrogen-bond donors (Lipinski definition) is 0. The standard InChI is InChI=1S/C20H23FN2O3S/c1-27(25,26)23(15-17-7-3-4-8-19(17)21)18-11-9-16(10-12-18)20(24)22-13-5-2-6-14-22/h3-4,7-12H,2,5-6,13-15H2,1H3. The van der Waals surface area contributed by atoms with Crippen molar-refractivity contribution in [3.63, 3.8) is 0 Å². The molecular formula is C20H23FN2O3S. The molecule has 0 spiro atoms. The van der Waals surface area contributed by atoms with Crippen LogP contribution in [-0.4, -0.2) is 38.6 Å². The van der Waals surface area contributed by atoms with E-state index in [9.17, 15) is 17.6 Å². The SMILES string of the molecule is CS(=O)(=O)N(Cc1ccccc1F)c1ccc(C(=O)N2CCCCC2)cc1. The van der Waals surface area contributed by atoms with Gasteiger partial charge in [0.15, 0.2) is 0 Å². The van der Waals surface area contributed by atoms with E-state index in [4.69, 9.17) is 0 Å². The summed E-state index contributed by atoms with van der Waals surface area (Å²) in [6, 6.07) is 12.5. The number of carbonyl (C=O) groups excluding carboxylic acids is 1. The Labute approximate surface area is 159 Å². The van der Waals surface area contributed by atoms with Crippen LogP contribution in [0.2, 0.25) is 0 Å². The van der Waals surface area contributed by atoms with Crippen molar-refractivity contribution in [3.05, 3.63) is 65.5 Å². The van der Waals surface area contributed by atoms with Crippen LogP contribution >= 0.6 is 0 Å². The Morgan fingerprint density at radius 1 is 1.04 bits per heavy atom. The first kappa shape index (κ1) is 19.4. The number of piperidine rings is 1. The summed E-state index contributed by atoms with van der Waals surface area (Å²) < 4.78 is 39.6. The first-order valence-electron chi connectivity index (χ1n) is 8.97. The Hall–Kier alpha value is -2.41. The number of amides is 1. The van der Waals surface area contributed by atoms with E-state index >= 15 is 0 Å². The molecule has 1 fully saturated rings. The molecule has 0 aliphatic carbocycles. The molecule has 3 rings (SSSR count). The molecule has 27 heavy (non-hydrogen) atoms. The molecule has 1 heterocycles. The summed E-state index contributed by atoms with van der Waals surface area (Å²) in [5, 5.41) is 0. The van der Waals surface area contributed by atoms with E-state index in [2.05, 4.69) is 0 Å². The first-order valence-corrected chi connectivity index (χ1v) is 10.8. The van der Waals surface area contributed by atoms with Crippen LogP contribution in [0.15, 0.2) is 48.5 Å². The van der Waals surface area contributed by atoms with Gasteiger partial charge >= 0.3 is 0 Å². The lowest BCUT2D eigenvalue weighted by Crippen LogP contribution is -2.35. The van der Waals surface area contributed by atoms with Crippen LogP contribution in [0.5, 0.6) is 0 Å². The highest BCUT2D eigenvalue weighted by atomic mass is 32.2. The van der Waals surface area contributed by atoms with Gasteiger partial charge in [-0.05, 0) is 49.6 Å². The van der Waals surface area contributed by atoms with Crippen molar-refractivity contribution < 1.29 is 17.6 Å². The first-order chi connectivity index (χ1) is 12.9. The molecule has 144 valence electrons. The fourth-order valence-electron chi connectivity index (χ4n) is 3.23. The molecule has 1 aliphatic heterocycles. The van der Waals surface area contributed by atoms with Crippen molar-refractivity contribution in [3.8, 4) is 0 Å². The molecule has 0 atom stereocenters. The van der Waals surface area contributed by atoms with Crippen molar-refractivity contribution in [2.75, 3.05) is 23.7 Å². The normalized spacial score (nSPS) is 14.8. The lowest BCUT2D eigenvalue weighted by Gasteiger charge is -2.27. The van der Waals surface area contributed by atoms with Gasteiger partial charge in [-0.2, -0.15) is 0 Å². The van der Waals surface area contributed by atoms with E-state index in [1.165, 1.54) is 6.07 Å². The Morgan fingerprint density at radius 3 is 2.26 bits per heavy atom. The third kappa shape index (κ3) is 4.66. The van der Waals surface area contributed by atoms with Crippen LogP contribution in [-0.2, 0) is 16.6 Å². The molecule has 0 saturated carbocycles. The number of nitrogens with zero attached hydrogens (tertiary/aromatic N) is 2. The fourth-order valence-corrected chi connectivity index (χ4v) is 4.11. The monoisotopic (exact) mass is 390 g/mol. The van der Waals surface area contributed by atoms with Gasteiger partial charge in [0.25, 0.3) is 5.91 Å². The second-order valence-electron chi connectivity index (χ2n) is 6.76. The zero-order valence-electron chi connectivity index (χ0n) is 15.3. The van der Waals surface area contributed by atoms with Gasteiger partial charge in [0.2, 0.25) is 10.0 Å². The van der Waals surface area contributed by atoms with Crippen molar-refractivity contribution in [2.45, 2.75) is 25.8 Å². The minimum absolute atomic E-state index is 0.0405. The predicted molar refractivity (Wildman–Crippen MR) is 104 cm³/mol. The number of rotatable bonds is 5. The quantitative estimate of drug-likeness (QED) is 0.786. The summed E-state index contributed by atoms with van der Waals surface area (Å²) in [5.41, 5.74) is 1.22. The molecule has 1 amide bonds. The van der Waals surface area contributed by atoms with Crippen LogP contribution in [0.4, 0.5) is 10.1 Å². The maximum atomic E-state index is 14.0. The van der Waals surface area contributed by atoms with Gasteiger partial charge in [-0.15, -0.1) is 0 Å². The van der Waals surface area contributed by atoms with Crippen LogP contribution in [0.25, 0.3) is 0 Å². The largest absolute Gasteiger partial charge is 0.339 e. The lowest BCUT2D eigenvalue weighted by atomic mass is 10.1. The van der Waals surface area contributed by atoms with Gasteiger partial charge in [-0.3, -0.25) is 9.10 Å². The Kier molecular flexibility index (Phi) is 5.79. The number of carbonyl (C=O) groups is 1. The molecule has 1 aliphatic rings. The minimum Gasteiger partial charge on any atom is -0.339 e. The molecule has 0 aromatic heterocycles. The molecule has 0 N–H and O–H groups in total. The van der Waals surface area contributed by atoms with Gasteiger partial charge in [-0.1, -0.05) is 18.2 Å². The van der Waals surface area contributed by atoms with Crippen molar-refractivity contribution >= 4 is 21.6 Å². The summed E-state index contributed by atoms with van der Waals surface area (Å²) in [7, 11) is -3.62. The van der Waals surface area contributed by atoms with Gasteiger partial charge in [0.05, 0.1) is 18.5 Å². The van der Waals surface area contributed by atoms with Crippen LogP contribution in [0, 0.1) is 5.82 Å². The van der Waals surface area contributed by atoms with Gasteiger partial charge in [-0.25, -0.2) is 12.8 Å². The molecule has 0 radical (unpaired) electrons. The summed E-state index contributed by atoms with van der Waals surface area (Å²) in [5.74, 6) is -0.496. The summed E-state index contributed by atoms with van der Waals surface area (Å²) >= 11 is 0. The molecule has 0 unspecified atom stereocenters. The van der Waals surface area contributed by atoms with Gasteiger partial charge < -0.3 is 4.90 Å². The average molecular weight is 390 g/mol. The zero-order valence-corrected chi connectivity index (χ0v) is 16.1. The summed E-state index contributed by atoms with van der Waals surface area (Å²) in [6.07, 6.45) is 4.24. The number of halogens is 1. The van der Waals surface area contributed by atoms with E-state index in [0.717, 1.165) is 42.9 Å². The third-order valence-corrected chi connectivity index (χ3v) is 5.86. The lowest BCUT2D eigenvalue weighted by molar-refractivity contribution is 0.0724. The third-order valence-electron chi connectivity index (χ3n) is 4.72. The van der Waals surface area contributed by atoms with Crippen LogP contribution in [0.1, 0.15) is 35.2 Å². The molecule has 2 aromatic carbocycles. The Bertz CT molecular complexity index is 907. The number of likely N-dealkylation sites (tertiary alicyclic amines) is 1. The minimum atomic E-state index is -3.62. The van der Waals surface area contributed by atoms with Crippen LogP contribution < -0.4 is 4.31 Å². The molecule has 5 nitrogen and oxygen atoms in total. The number of sulfonamides is 1. The highest BCUT2D eigenvalue weighted by Gasteiger charge is 2.21. The van der Waals surface area contributed by atoms with Gasteiger partial charge in [0, 0.05) is 24.2 Å². The van der Waals surface area contributed by atoms with E-state index in [1.807, 2.05) is 4.90 Å². The molecule has 1 saturated heterocycles. The number of anilines is 1.